The SMILES string of the molecule is COCCS(=O)Cc1cccc(NC(=O)c2ccc(OCc3cscn3)cc2)c1. The first-order valence-corrected chi connectivity index (χ1v) is 11.4. The molecule has 0 fully saturated rings. The van der Waals surface area contributed by atoms with Crippen LogP contribution >= 0.6 is 11.3 Å². The van der Waals surface area contributed by atoms with Crippen molar-refractivity contribution in [3.8, 4) is 5.75 Å². The number of methoxy groups -OCH3 is 1. The van der Waals surface area contributed by atoms with Gasteiger partial charge in [0, 0.05) is 46.0 Å². The molecule has 29 heavy (non-hydrogen) atoms. The second-order valence-electron chi connectivity index (χ2n) is 6.23. The van der Waals surface area contributed by atoms with Crippen molar-refractivity contribution in [3.63, 3.8) is 0 Å². The topological polar surface area (TPSA) is 77.5 Å². The van der Waals surface area contributed by atoms with Crippen molar-refractivity contribution in [2.45, 2.75) is 12.4 Å². The lowest BCUT2D eigenvalue weighted by Gasteiger charge is -2.09. The van der Waals surface area contributed by atoms with E-state index in [2.05, 4.69) is 10.3 Å². The first kappa shape index (κ1) is 21.2. The predicted molar refractivity (Wildman–Crippen MR) is 116 cm³/mol. The molecular formula is C21H22N2O4S2. The van der Waals surface area contributed by atoms with Gasteiger partial charge in [-0.1, -0.05) is 12.1 Å². The summed E-state index contributed by atoms with van der Waals surface area (Å²) >= 11 is 1.52. The molecule has 1 aromatic heterocycles. The highest BCUT2D eigenvalue weighted by Gasteiger charge is 2.08. The molecule has 1 amide bonds. The van der Waals surface area contributed by atoms with Crippen LogP contribution in [0.5, 0.6) is 5.75 Å². The largest absolute Gasteiger partial charge is 0.487 e. The predicted octanol–water partition coefficient (Wildman–Crippen LogP) is 3.87. The number of rotatable bonds is 10. The maximum Gasteiger partial charge on any atom is 0.255 e. The molecule has 152 valence electrons. The van der Waals surface area contributed by atoms with E-state index < -0.39 is 10.8 Å². The summed E-state index contributed by atoms with van der Waals surface area (Å²) in [6.07, 6.45) is 0. The van der Waals surface area contributed by atoms with Gasteiger partial charge in [0.1, 0.15) is 12.4 Å². The molecular weight excluding hydrogens is 408 g/mol. The average molecular weight is 431 g/mol. The lowest BCUT2D eigenvalue weighted by molar-refractivity contribution is 0.102. The van der Waals surface area contributed by atoms with Gasteiger partial charge in [0.2, 0.25) is 0 Å². The van der Waals surface area contributed by atoms with Crippen molar-refractivity contribution in [1.29, 1.82) is 0 Å². The fourth-order valence-corrected chi connectivity index (χ4v) is 4.14. The van der Waals surface area contributed by atoms with Gasteiger partial charge in [0.15, 0.2) is 0 Å². The summed E-state index contributed by atoms with van der Waals surface area (Å²) in [5, 5.41) is 4.81. The number of ether oxygens (including phenoxy) is 2. The summed E-state index contributed by atoms with van der Waals surface area (Å²) < 4.78 is 22.6. The zero-order chi connectivity index (χ0) is 20.5. The molecule has 1 heterocycles. The third-order valence-electron chi connectivity index (χ3n) is 4.01. The Hall–Kier alpha value is -2.55. The molecule has 3 aromatic rings. The van der Waals surface area contributed by atoms with E-state index in [1.54, 1.807) is 36.9 Å². The lowest BCUT2D eigenvalue weighted by Crippen LogP contribution is -2.12. The summed E-state index contributed by atoms with van der Waals surface area (Å²) in [6, 6.07) is 14.3. The molecule has 0 saturated heterocycles. The summed E-state index contributed by atoms with van der Waals surface area (Å²) in [7, 11) is 0.591. The maximum atomic E-state index is 12.5. The number of nitrogens with one attached hydrogen (secondary N) is 1. The first-order valence-electron chi connectivity index (χ1n) is 8.98. The van der Waals surface area contributed by atoms with E-state index in [9.17, 15) is 9.00 Å². The highest BCUT2D eigenvalue weighted by atomic mass is 32.2. The molecule has 3 rings (SSSR count). The van der Waals surface area contributed by atoms with E-state index in [1.807, 2.05) is 29.6 Å². The molecule has 0 radical (unpaired) electrons. The standard InChI is InChI=1S/C21H22N2O4S2/c1-26-9-10-29(25)14-16-3-2-4-18(11-16)23-21(24)17-5-7-20(8-6-17)27-12-19-13-28-15-22-19/h2-8,11,13,15H,9-10,12,14H2,1H3,(H,23,24). The lowest BCUT2D eigenvalue weighted by atomic mass is 10.2. The molecule has 1 atom stereocenters. The highest BCUT2D eigenvalue weighted by Crippen LogP contribution is 2.17. The summed E-state index contributed by atoms with van der Waals surface area (Å²) in [4.78, 5) is 16.7. The maximum absolute atomic E-state index is 12.5. The highest BCUT2D eigenvalue weighted by molar-refractivity contribution is 7.84. The van der Waals surface area contributed by atoms with Crippen molar-refractivity contribution >= 4 is 33.7 Å². The molecule has 0 aliphatic carbocycles. The zero-order valence-electron chi connectivity index (χ0n) is 16.0. The summed E-state index contributed by atoms with van der Waals surface area (Å²) in [5.41, 5.74) is 4.74. The van der Waals surface area contributed by atoms with Gasteiger partial charge in [-0.05, 0) is 42.0 Å². The van der Waals surface area contributed by atoms with Crippen LogP contribution in [-0.4, -0.2) is 34.6 Å². The Kier molecular flexibility index (Phi) is 7.92. The average Bonchev–Trinajstić information content (AvgIpc) is 3.25. The molecule has 1 unspecified atom stereocenters. The second kappa shape index (κ2) is 10.8. The smallest absolute Gasteiger partial charge is 0.255 e. The molecule has 0 aliphatic heterocycles. The monoisotopic (exact) mass is 430 g/mol. The number of benzene rings is 2. The van der Waals surface area contributed by atoms with Crippen LogP contribution in [0.15, 0.2) is 59.4 Å². The third kappa shape index (κ3) is 6.77. The molecule has 0 saturated carbocycles. The Morgan fingerprint density at radius 1 is 1.21 bits per heavy atom. The van der Waals surface area contributed by atoms with Crippen LogP contribution < -0.4 is 10.1 Å². The third-order valence-corrected chi connectivity index (χ3v) is 5.93. The van der Waals surface area contributed by atoms with Crippen LogP contribution in [0.3, 0.4) is 0 Å². The Morgan fingerprint density at radius 2 is 2.03 bits per heavy atom. The van der Waals surface area contributed by atoms with Crippen LogP contribution in [0, 0.1) is 0 Å². The Labute approximate surface area is 176 Å². The van der Waals surface area contributed by atoms with Crippen molar-refractivity contribution < 1.29 is 18.5 Å². The van der Waals surface area contributed by atoms with Crippen LogP contribution in [0.25, 0.3) is 0 Å². The molecule has 0 aliphatic rings. The van der Waals surface area contributed by atoms with Gasteiger partial charge in [-0.3, -0.25) is 9.00 Å². The number of thiazole rings is 1. The van der Waals surface area contributed by atoms with Gasteiger partial charge in [0.05, 0.1) is 17.8 Å². The number of carbonyl (C=O) groups excluding carboxylic acids is 1. The van der Waals surface area contributed by atoms with Gasteiger partial charge in [-0.25, -0.2) is 4.98 Å². The number of aromatic nitrogens is 1. The van der Waals surface area contributed by atoms with E-state index in [1.165, 1.54) is 11.3 Å². The fourth-order valence-electron chi connectivity index (χ4n) is 2.55. The van der Waals surface area contributed by atoms with Crippen molar-refractivity contribution in [1.82, 2.24) is 4.98 Å². The van der Waals surface area contributed by atoms with Gasteiger partial charge in [-0.2, -0.15) is 0 Å². The second-order valence-corrected chi connectivity index (χ2v) is 8.52. The van der Waals surface area contributed by atoms with E-state index >= 15 is 0 Å². The van der Waals surface area contributed by atoms with Crippen LogP contribution in [0.2, 0.25) is 0 Å². The fraction of sp³-hybridized carbons (Fsp3) is 0.238. The minimum absolute atomic E-state index is 0.214. The van der Waals surface area contributed by atoms with Gasteiger partial charge >= 0.3 is 0 Å². The quantitative estimate of drug-likeness (QED) is 0.528. The van der Waals surface area contributed by atoms with Gasteiger partial charge in [0.25, 0.3) is 5.91 Å². The molecule has 0 bridgehead atoms. The Bertz CT molecular complexity index is 944. The molecule has 0 spiro atoms. The number of nitrogens with zero attached hydrogens (tertiary/aromatic N) is 1. The van der Waals surface area contributed by atoms with E-state index in [0.717, 1.165) is 11.3 Å². The van der Waals surface area contributed by atoms with Crippen molar-refractivity contribution in [2.24, 2.45) is 0 Å². The minimum Gasteiger partial charge on any atom is -0.487 e. The van der Waals surface area contributed by atoms with E-state index in [4.69, 9.17) is 9.47 Å². The van der Waals surface area contributed by atoms with E-state index in [0.29, 0.717) is 41.7 Å². The van der Waals surface area contributed by atoms with Gasteiger partial charge in [-0.15, -0.1) is 11.3 Å². The number of anilines is 1. The normalized spacial score (nSPS) is 11.8. The van der Waals surface area contributed by atoms with Crippen molar-refractivity contribution in [3.05, 3.63) is 76.2 Å². The van der Waals surface area contributed by atoms with Crippen molar-refractivity contribution in [2.75, 3.05) is 24.8 Å². The van der Waals surface area contributed by atoms with Crippen LogP contribution in [0.1, 0.15) is 21.6 Å². The van der Waals surface area contributed by atoms with Crippen LogP contribution in [-0.2, 0) is 27.9 Å². The van der Waals surface area contributed by atoms with Gasteiger partial charge < -0.3 is 14.8 Å². The number of hydrogen-bond donors (Lipinski definition) is 1. The Balaban J connectivity index is 1.55. The molecule has 1 N–H and O–H groups in total. The Morgan fingerprint density at radius 3 is 2.76 bits per heavy atom. The number of amides is 1. The zero-order valence-corrected chi connectivity index (χ0v) is 17.6. The summed E-state index contributed by atoms with van der Waals surface area (Å²) in [6.45, 7) is 0.861. The summed E-state index contributed by atoms with van der Waals surface area (Å²) in [5.74, 6) is 1.38. The minimum atomic E-state index is -0.999. The number of hydrogen-bond acceptors (Lipinski definition) is 6. The molecule has 8 heteroatoms. The molecule has 6 nitrogen and oxygen atoms in total. The molecule has 2 aromatic carbocycles. The van der Waals surface area contributed by atoms with E-state index in [-0.39, 0.29) is 5.91 Å². The number of carbonyl (C=O) groups is 1. The van der Waals surface area contributed by atoms with Crippen LogP contribution in [0.4, 0.5) is 5.69 Å². The first-order chi connectivity index (χ1) is 14.1.